The summed E-state index contributed by atoms with van der Waals surface area (Å²) in [6, 6.07) is 7.42. The minimum absolute atomic E-state index is 0.0220. The molecule has 3 aromatic carbocycles. The number of carbonyl (C=O) groups is 2. The van der Waals surface area contributed by atoms with Crippen molar-refractivity contribution in [2.45, 2.75) is 26.1 Å². The number of benzene rings is 3. The zero-order valence-electron chi connectivity index (χ0n) is 20.0. The summed E-state index contributed by atoms with van der Waals surface area (Å²) in [4.78, 5) is 42.4. The number of phenolic OH excluding ortho intramolecular Hbond substituents is 3. The summed E-state index contributed by atoms with van der Waals surface area (Å²) < 4.78 is 5.55. The van der Waals surface area contributed by atoms with E-state index in [2.05, 4.69) is 4.98 Å². The fraction of sp³-hybridized carbons (Fsp3) is 0.179. The molecule has 9 heteroatoms. The number of carbonyl (C=O) groups excluding carboxylic acids is 2. The number of ketones is 2. The van der Waals surface area contributed by atoms with Gasteiger partial charge in [0, 0.05) is 35.1 Å². The van der Waals surface area contributed by atoms with Crippen LogP contribution in [0, 0.1) is 13.8 Å². The van der Waals surface area contributed by atoms with Crippen LogP contribution in [0.1, 0.15) is 66.4 Å². The van der Waals surface area contributed by atoms with Gasteiger partial charge in [-0.2, -0.15) is 0 Å². The average molecular weight is 499 g/mol. The maximum absolute atomic E-state index is 13.5. The monoisotopic (exact) mass is 499 g/mol. The summed E-state index contributed by atoms with van der Waals surface area (Å²) >= 11 is 0. The van der Waals surface area contributed by atoms with Gasteiger partial charge in [-0.25, -0.2) is 0 Å². The Morgan fingerprint density at radius 2 is 1.43 bits per heavy atom. The van der Waals surface area contributed by atoms with Gasteiger partial charge in [-0.3, -0.25) is 14.4 Å². The standard InChI is InChI=1S/C28H21NO8/c1-9-4-5-12-19(21(9)30)23(32)14-8-15-18(26(35)20(14)22(12)31)17-13(24(33)27(15)37-3)7-11-6-10(2)29-28(36)16(11)25(17)34/h4-8,24,27,30,33-35H,1-3H3,(H,29,36)/t24-,27-/m0/s1. The lowest BCUT2D eigenvalue weighted by molar-refractivity contribution is -0.0163. The van der Waals surface area contributed by atoms with Crippen molar-refractivity contribution in [2.75, 3.05) is 7.11 Å². The third-order valence-electron chi connectivity index (χ3n) is 7.34. The van der Waals surface area contributed by atoms with Gasteiger partial charge in [0.1, 0.15) is 29.5 Å². The predicted molar refractivity (Wildman–Crippen MR) is 132 cm³/mol. The molecule has 0 saturated heterocycles. The number of hydrogen-bond acceptors (Lipinski definition) is 8. The van der Waals surface area contributed by atoms with E-state index in [-0.39, 0.29) is 55.6 Å². The molecule has 1 aromatic heterocycles. The van der Waals surface area contributed by atoms with Crippen LogP contribution in [0.25, 0.3) is 21.9 Å². The van der Waals surface area contributed by atoms with Gasteiger partial charge in [0.05, 0.1) is 16.5 Å². The highest BCUT2D eigenvalue weighted by Gasteiger charge is 2.43. The highest BCUT2D eigenvalue weighted by atomic mass is 16.5. The van der Waals surface area contributed by atoms with E-state index in [1.807, 2.05) is 0 Å². The van der Waals surface area contributed by atoms with Gasteiger partial charge in [-0.05, 0) is 60.2 Å². The van der Waals surface area contributed by atoms with Gasteiger partial charge in [0.15, 0.2) is 11.6 Å². The van der Waals surface area contributed by atoms with Crippen molar-refractivity contribution in [3.05, 3.63) is 85.3 Å². The number of methoxy groups -OCH3 is 1. The zero-order chi connectivity index (χ0) is 26.5. The second-order valence-corrected chi connectivity index (χ2v) is 9.46. The number of aliphatic hydroxyl groups is 1. The smallest absolute Gasteiger partial charge is 0.259 e. The number of aromatic hydroxyl groups is 3. The van der Waals surface area contributed by atoms with Crippen molar-refractivity contribution in [1.29, 1.82) is 0 Å². The Kier molecular flexibility index (Phi) is 4.66. The van der Waals surface area contributed by atoms with Crippen LogP contribution in [0.3, 0.4) is 0 Å². The molecule has 4 aromatic rings. The second-order valence-electron chi connectivity index (χ2n) is 9.46. The fourth-order valence-electron chi connectivity index (χ4n) is 5.63. The molecule has 0 aliphatic heterocycles. The van der Waals surface area contributed by atoms with Crippen LogP contribution < -0.4 is 5.56 Å². The summed E-state index contributed by atoms with van der Waals surface area (Å²) in [5.74, 6) is -2.76. The fourth-order valence-corrected chi connectivity index (χ4v) is 5.63. The molecule has 0 radical (unpaired) electrons. The van der Waals surface area contributed by atoms with Crippen LogP contribution in [0.5, 0.6) is 17.2 Å². The lowest BCUT2D eigenvalue weighted by Crippen LogP contribution is -2.25. The molecule has 0 fully saturated rings. The first-order valence-electron chi connectivity index (χ1n) is 11.5. The van der Waals surface area contributed by atoms with E-state index < -0.39 is 40.8 Å². The predicted octanol–water partition coefficient (Wildman–Crippen LogP) is 3.44. The van der Waals surface area contributed by atoms with Crippen LogP contribution in [-0.2, 0) is 4.74 Å². The van der Waals surface area contributed by atoms with Crippen LogP contribution in [0.15, 0.2) is 35.1 Å². The number of H-pyrrole nitrogens is 1. The van der Waals surface area contributed by atoms with Crippen molar-refractivity contribution < 1.29 is 34.8 Å². The largest absolute Gasteiger partial charge is 0.507 e. The Hall–Kier alpha value is -4.47. The van der Waals surface area contributed by atoms with Crippen LogP contribution >= 0.6 is 0 Å². The molecule has 0 bridgehead atoms. The van der Waals surface area contributed by atoms with E-state index >= 15 is 0 Å². The minimum Gasteiger partial charge on any atom is -0.507 e. The molecule has 5 N–H and O–H groups in total. The SMILES string of the molecule is CO[C@H]1c2cc3c(c(O)c2-c2c(cc4cc(C)[nH]c(=O)c4c2O)[C@@H]1O)C(=O)c1ccc(C)c(O)c1C3=O. The third-order valence-corrected chi connectivity index (χ3v) is 7.34. The molecule has 0 spiro atoms. The highest BCUT2D eigenvalue weighted by Crippen LogP contribution is 2.56. The summed E-state index contributed by atoms with van der Waals surface area (Å²) in [5.41, 5.74) is -0.0311. The number of aromatic amines is 1. The van der Waals surface area contributed by atoms with Gasteiger partial charge in [0.2, 0.25) is 0 Å². The number of phenols is 3. The lowest BCUT2D eigenvalue weighted by atomic mass is 9.74. The molecule has 1 heterocycles. The highest BCUT2D eigenvalue weighted by molar-refractivity contribution is 6.31. The van der Waals surface area contributed by atoms with E-state index in [1.54, 1.807) is 19.9 Å². The second kappa shape index (κ2) is 7.52. The quantitative estimate of drug-likeness (QED) is 0.235. The summed E-state index contributed by atoms with van der Waals surface area (Å²) in [6.45, 7) is 3.27. The molecule has 186 valence electrons. The van der Waals surface area contributed by atoms with E-state index in [9.17, 15) is 34.8 Å². The maximum Gasteiger partial charge on any atom is 0.259 e. The zero-order valence-corrected chi connectivity index (χ0v) is 20.0. The topological polar surface area (TPSA) is 157 Å². The van der Waals surface area contributed by atoms with Gasteiger partial charge >= 0.3 is 0 Å². The third kappa shape index (κ3) is 2.83. The van der Waals surface area contributed by atoms with Crippen molar-refractivity contribution in [1.82, 2.24) is 4.98 Å². The first-order chi connectivity index (χ1) is 17.6. The maximum atomic E-state index is 13.5. The molecule has 2 atom stereocenters. The molecular weight excluding hydrogens is 478 g/mol. The number of nitrogens with one attached hydrogen (secondary N) is 1. The van der Waals surface area contributed by atoms with E-state index in [1.165, 1.54) is 31.4 Å². The average Bonchev–Trinajstić information content (AvgIpc) is 2.84. The Bertz CT molecular complexity index is 1800. The molecular formula is C28H21NO8. The van der Waals surface area contributed by atoms with E-state index in [0.717, 1.165) is 0 Å². The molecule has 0 unspecified atom stereocenters. The van der Waals surface area contributed by atoms with Gasteiger partial charge < -0.3 is 30.1 Å². The number of aromatic nitrogens is 1. The number of aliphatic hydroxyl groups excluding tert-OH is 1. The Morgan fingerprint density at radius 3 is 2.14 bits per heavy atom. The van der Waals surface area contributed by atoms with Crippen LogP contribution in [0.4, 0.5) is 0 Å². The van der Waals surface area contributed by atoms with Crippen LogP contribution in [-0.4, -0.2) is 44.1 Å². The van der Waals surface area contributed by atoms with E-state index in [4.69, 9.17) is 4.74 Å². The number of hydrogen-bond donors (Lipinski definition) is 5. The molecule has 6 rings (SSSR count). The van der Waals surface area contributed by atoms with Gasteiger partial charge in [-0.1, -0.05) is 6.07 Å². The minimum atomic E-state index is -1.34. The van der Waals surface area contributed by atoms with Crippen molar-refractivity contribution in [2.24, 2.45) is 0 Å². The summed E-state index contributed by atoms with van der Waals surface area (Å²) in [6.07, 6.45) is -2.41. The molecule has 0 amide bonds. The summed E-state index contributed by atoms with van der Waals surface area (Å²) in [7, 11) is 1.34. The van der Waals surface area contributed by atoms with Crippen LogP contribution in [0.2, 0.25) is 0 Å². The van der Waals surface area contributed by atoms with Gasteiger partial charge in [0.25, 0.3) is 5.56 Å². The number of fused-ring (bicyclic) bond motifs is 6. The molecule has 9 nitrogen and oxygen atoms in total. The Balaban J connectivity index is 1.74. The Morgan fingerprint density at radius 1 is 0.784 bits per heavy atom. The van der Waals surface area contributed by atoms with E-state index in [0.29, 0.717) is 16.6 Å². The number of rotatable bonds is 1. The molecule has 37 heavy (non-hydrogen) atoms. The van der Waals surface area contributed by atoms with Crippen molar-refractivity contribution >= 4 is 22.3 Å². The molecule has 2 aliphatic carbocycles. The van der Waals surface area contributed by atoms with Gasteiger partial charge in [-0.15, -0.1) is 0 Å². The van der Waals surface area contributed by atoms with Crippen molar-refractivity contribution in [3.8, 4) is 28.4 Å². The normalized spacial score (nSPS) is 17.8. The first-order valence-corrected chi connectivity index (χ1v) is 11.5. The summed E-state index contributed by atoms with van der Waals surface area (Å²) in [5, 5.41) is 44.9. The molecule has 2 aliphatic rings. The number of pyridine rings is 1. The number of ether oxygens (including phenoxy) is 1. The molecule has 0 saturated carbocycles. The Labute approximate surface area is 209 Å². The van der Waals surface area contributed by atoms with Crippen molar-refractivity contribution in [3.63, 3.8) is 0 Å². The first kappa shape index (κ1) is 23.0. The number of aryl methyl sites for hydroxylation is 2. The lowest BCUT2D eigenvalue weighted by Gasteiger charge is -2.34.